The summed E-state index contributed by atoms with van der Waals surface area (Å²) in [5.74, 6) is -0.597. The van der Waals surface area contributed by atoms with E-state index in [1.54, 1.807) is 13.1 Å². The number of hydrogen-bond acceptors (Lipinski definition) is 8. The Kier molecular flexibility index (Phi) is 6.43. The van der Waals surface area contributed by atoms with Gasteiger partial charge in [0.15, 0.2) is 0 Å². The molecule has 174 valence electrons. The number of pyridine rings is 2. The number of ether oxygens (including phenoxy) is 1. The van der Waals surface area contributed by atoms with Crippen molar-refractivity contribution >= 4 is 17.7 Å². The van der Waals surface area contributed by atoms with E-state index in [0.29, 0.717) is 5.56 Å². The quantitative estimate of drug-likeness (QED) is 0.587. The zero-order chi connectivity index (χ0) is 23.4. The number of aryl methyl sites for hydroxylation is 1. The summed E-state index contributed by atoms with van der Waals surface area (Å²) in [4.78, 5) is 26.2. The van der Waals surface area contributed by atoms with Crippen LogP contribution in [0, 0.1) is 6.92 Å². The Balaban J connectivity index is 1.32. The number of carbonyl (C=O) groups is 1. The molecule has 0 aliphatic carbocycles. The molecule has 0 atom stereocenters. The van der Waals surface area contributed by atoms with E-state index >= 15 is 0 Å². The maximum absolute atomic E-state index is 12.6. The van der Waals surface area contributed by atoms with Crippen LogP contribution in [0.2, 0.25) is 0 Å². The maximum Gasteiger partial charge on any atom is 0.471 e. The summed E-state index contributed by atoms with van der Waals surface area (Å²) in [7, 11) is 0. The van der Waals surface area contributed by atoms with Gasteiger partial charge in [-0.05, 0) is 43.9 Å². The van der Waals surface area contributed by atoms with Crippen molar-refractivity contribution in [2.24, 2.45) is 0 Å². The highest BCUT2D eigenvalue weighted by molar-refractivity contribution is 5.84. The molecule has 4 heterocycles. The number of nitrogens with zero attached hydrogens (tertiary/aromatic N) is 5. The molecule has 9 nitrogen and oxygen atoms in total. The minimum Gasteiger partial charge on any atom is -0.444 e. The van der Waals surface area contributed by atoms with Crippen LogP contribution in [0.5, 0.6) is 0 Å². The van der Waals surface area contributed by atoms with Crippen molar-refractivity contribution in [3.8, 4) is 11.4 Å². The summed E-state index contributed by atoms with van der Waals surface area (Å²) in [6.07, 6.45) is 1.01. The topological polar surface area (TPSA) is 106 Å². The number of nitrogens with one attached hydrogen (secondary N) is 1. The van der Waals surface area contributed by atoms with E-state index in [1.165, 1.54) is 18.7 Å². The van der Waals surface area contributed by atoms with E-state index in [-0.39, 0.29) is 23.8 Å². The Morgan fingerprint density at radius 1 is 1.18 bits per heavy atom. The van der Waals surface area contributed by atoms with Crippen LogP contribution >= 0.6 is 0 Å². The predicted octanol–water partition coefficient (Wildman–Crippen LogP) is 4.59. The smallest absolute Gasteiger partial charge is 0.444 e. The monoisotopic (exact) mass is 462 g/mol. The molecule has 0 unspecified atom stereocenters. The summed E-state index contributed by atoms with van der Waals surface area (Å²) >= 11 is 0. The zero-order valence-corrected chi connectivity index (χ0v) is 17.7. The summed E-state index contributed by atoms with van der Waals surface area (Å²) in [5, 5.41) is 5.82. The van der Waals surface area contributed by atoms with E-state index < -0.39 is 18.2 Å². The Morgan fingerprint density at radius 3 is 2.61 bits per heavy atom. The molecule has 1 aliphatic heterocycles. The van der Waals surface area contributed by atoms with Gasteiger partial charge < -0.3 is 14.2 Å². The number of hydrogen-bond donors (Lipinski definition) is 1. The van der Waals surface area contributed by atoms with Gasteiger partial charge in [0.05, 0.1) is 0 Å². The zero-order valence-electron chi connectivity index (χ0n) is 17.7. The fourth-order valence-corrected chi connectivity index (χ4v) is 3.38. The second-order valence-electron chi connectivity index (χ2n) is 7.58. The Labute approximate surface area is 187 Å². The molecule has 1 saturated heterocycles. The lowest BCUT2D eigenvalue weighted by molar-refractivity contribution is -0.159. The van der Waals surface area contributed by atoms with Crippen molar-refractivity contribution in [1.29, 1.82) is 0 Å². The van der Waals surface area contributed by atoms with Crippen molar-refractivity contribution < 1.29 is 27.2 Å². The first-order valence-corrected chi connectivity index (χ1v) is 10.3. The molecule has 0 bridgehead atoms. The molecule has 1 amide bonds. The minimum atomic E-state index is -4.73. The highest BCUT2D eigenvalue weighted by atomic mass is 19.4. The molecule has 4 rings (SSSR count). The lowest BCUT2D eigenvalue weighted by Gasteiger charge is -2.27. The van der Waals surface area contributed by atoms with Gasteiger partial charge in [-0.2, -0.15) is 18.2 Å². The second kappa shape index (κ2) is 9.43. The van der Waals surface area contributed by atoms with E-state index in [0.717, 1.165) is 37.3 Å². The molecule has 3 aromatic heterocycles. The van der Waals surface area contributed by atoms with Crippen LogP contribution in [-0.2, 0) is 17.5 Å². The van der Waals surface area contributed by atoms with E-state index in [2.05, 4.69) is 34.8 Å². The van der Waals surface area contributed by atoms with Crippen LogP contribution in [0.4, 0.5) is 29.6 Å². The first-order chi connectivity index (χ1) is 15.8. The maximum atomic E-state index is 12.6. The fourth-order valence-electron chi connectivity index (χ4n) is 3.38. The molecule has 33 heavy (non-hydrogen) atoms. The number of amides is 1. The third kappa shape index (κ3) is 5.57. The number of alkyl halides is 3. The summed E-state index contributed by atoms with van der Waals surface area (Å²) < 4.78 is 47.3. The average Bonchev–Trinajstić information content (AvgIpc) is 3.31. The standard InChI is InChI=1S/C21H21F3N6O3/c1-13-9-15(18-27-19(33-29-18)21(22,23)24)11-26-17(13)28-20(31)32-12-14-5-6-16(25-10-14)30-7-3-2-4-8-30/h5-6,9-11H,2-4,7-8,12H2,1H3,(H,26,28,31). The van der Waals surface area contributed by atoms with E-state index in [1.807, 2.05) is 12.1 Å². The SMILES string of the molecule is Cc1cc(-c2noc(C(F)(F)F)n2)cnc1NC(=O)OCc1ccc(N2CCCCC2)nc1. The average molecular weight is 462 g/mol. The molecular formula is C21H21F3N6O3. The normalized spacial score (nSPS) is 14.2. The van der Waals surface area contributed by atoms with Crippen molar-refractivity contribution in [3.63, 3.8) is 0 Å². The molecule has 0 spiro atoms. The highest BCUT2D eigenvalue weighted by Gasteiger charge is 2.38. The van der Waals surface area contributed by atoms with Crippen molar-refractivity contribution in [3.05, 3.63) is 47.6 Å². The van der Waals surface area contributed by atoms with Crippen LogP contribution in [0.15, 0.2) is 35.1 Å². The molecule has 1 fully saturated rings. The molecule has 1 N–H and O–H groups in total. The van der Waals surface area contributed by atoms with Crippen LogP contribution in [-0.4, -0.2) is 39.3 Å². The van der Waals surface area contributed by atoms with Gasteiger partial charge in [-0.1, -0.05) is 11.2 Å². The van der Waals surface area contributed by atoms with Gasteiger partial charge in [0.2, 0.25) is 5.82 Å². The highest BCUT2D eigenvalue weighted by Crippen LogP contribution is 2.29. The van der Waals surface area contributed by atoms with Crippen LogP contribution < -0.4 is 10.2 Å². The number of aromatic nitrogens is 4. The summed E-state index contributed by atoms with van der Waals surface area (Å²) in [6.45, 7) is 3.64. The molecule has 1 aliphatic rings. The number of carbonyl (C=O) groups excluding carboxylic acids is 1. The first-order valence-electron chi connectivity index (χ1n) is 10.3. The van der Waals surface area contributed by atoms with Gasteiger partial charge in [0.1, 0.15) is 18.2 Å². The number of piperidine rings is 1. The van der Waals surface area contributed by atoms with E-state index in [9.17, 15) is 18.0 Å². The molecule has 12 heteroatoms. The van der Waals surface area contributed by atoms with Crippen molar-refractivity contribution in [1.82, 2.24) is 20.1 Å². The molecule has 0 saturated carbocycles. The number of anilines is 2. The van der Waals surface area contributed by atoms with Crippen LogP contribution in [0.25, 0.3) is 11.4 Å². The Morgan fingerprint density at radius 2 is 1.97 bits per heavy atom. The minimum absolute atomic E-state index is 0.0271. The van der Waals surface area contributed by atoms with Crippen LogP contribution in [0.3, 0.4) is 0 Å². The Bertz CT molecular complexity index is 1110. The summed E-state index contributed by atoms with van der Waals surface area (Å²) in [6, 6.07) is 5.26. The van der Waals surface area contributed by atoms with Crippen molar-refractivity contribution in [2.45, 2.75) is 39.0 Å². The van der Waals surface area contributed by atoms with Crippen molar-refractivity contribution in [2.75, 3.05) is 23.3 Å². The Hall–Kier alpha value is -3.70. The van der Waals surface area contributed by atoms with Gasteiger partial charge >= 0.3 is 18.2 Å². The second-order valence-corrected chi connectivity index (χ2v) is 7.58. The van der Waals surface area contributed by atoms with Gasteiger partial charge in [-0.25, -0.2) is 14.8 Å². The third-order valence-electron chi connectivity index (χ3n) is 5.08. The van der Waals surface area contributed by atoms with E-state index in [4.69, 9.17) is 4.74 Å². The lowest BCUT2D eigenvalue weighted by Crippen LogP contribution is -2.30. The largest absolute Gasteiger partial charge is 0.471 e. The van der Waals surface area contributed by atoms with Gasteiger partial charge in [-0.3, -0.25) is 5.32 Å². The molecule has 0 aromatic carbocycles. The predicted molar refractivity (Wildman–Crippen MR) is 111 cm³/mol. The molecular weight excluding hydrogens is 441 g/mol. The fraction of sp³-hybridized carbons (Fsp3) is 0.381. The number of rotatable bonds is 5. The van der Waals surface area contributed by atoms with Crippen LogP contribution in [0.1, 0.15) is 36.3 Å². The molecule has 0 radical (unpaired) electrons. The number of halogens is 3. The van der Waals surface area contributed by atoms with Gasteiger partial charge in [0.25, 0.3) is 0 Å². The molecule has 3 aromatic rings. The third-order valence-corrected chi connectivity index (χ3v) is 5.08. The van der Waals surface area contributed by atoms with Gasteiger partial charge in [-0.15, -0.1) is 0 Å². The summed E-state index contributed by atoms with van der Waals surface area (Å²) in [5.41, 5.74) is 1.43. The lowest BCUT2D eigenvalue weighted by atomic mass is 10.1. The van der Waals surface area contributed by atoms with Gasteiger partial charge in [0, 0.05) is 36.6 Å². The first kappa shape index (κ1) is 22.5.